The molecule has 158 valence electrons. The molecule has 2 aromatic heterocycles. The molecule has 0 aliphatic carbocycles. The quantitative estimate of drug-likeness (QED) is 0.826. The van der Waals surface area contributed by atoms with Gasteiger partial charge in [0.1, 0.15) is 11.5 Å². The summed E-state index contributed by atoms with van der Waals surface area (Å²) in [4.78, 5) is 15.3. The molecule has 2 saturated heterocycles. The molecule has 0 spiro atoms. The maximum Gasteiger partial charge on any atom is 0.274 e. The largest absolute Gasteiger partial charge is 0.327 e. The molecule has 1 N–H and O–H groups in total. The summed E-state index contributed by atoms with van der Waals surface area (Å²) in [6.45, 7) is 3.73. The van der Waals surface area contributed by atoms with Crippen LogP contribution in [0.2, 0.25) is 0 Å². The van der Waals surface area contributed by atoms with Crippen molar-refractivity contribution in [2.45, 2.75) is 70.0 Å². The molecule has 2 unspecified atom stereocenters. The minimum Gasteiger partial charge on any atom is -0.327 e. The molecule has 1 amide bonds. The number of aromatic nitrogens is 5. The number of fused-ring (bicyclic) bond motifs is 1. The summed E-state index contributed by atoms with van der Waals surface area (Å²) >= 11 is 0. The van der Waals surface area contributed by atoms with Gasteiger partial charge in [0.05, 0.1) is 12.1 Å². The molecule has 29 heavy (non-hydrogen) atoms. The summed E-state index contributed by atoms with van der Waals surface area (Å²) in [6.07, 6.45) is 10.7. The van der Waals surface area contributed by atoms with Crippen molar-refractivity contribution in [2.24, 2.45) is 0 Å². The van der Waals surface area contributed by atoms with Gasteiger partial charge in [-0.15, -0.1) is 22.6 Å². The maximum atomic E-state index is 13.3. The third-order valence-corrected chi connectivity index (χ3v) is 6.42. The molecule has 2 atom stereocenters. The van der Waals surface area contributed by atoms with Crippen LogP contribution in [0.15, 0.2) is 12.3 Å². The van der Waals surface area contributed by atoms with Crippen LogP contribution in [0.5, 0.6) is 0 Å². The highest BCUT2D eigenvalue weighted by atomic mass is 35.5. The Kier molecular flexibility index (Phi) is 6.20. The first-order valence-electron chi connectivity index (χ1n) is 10.8. The highest BCUT2D eigenvalue weighted by molar-refractivity contribution is 5.92. The van der Waals surface area contributed by atoms with Crippen molar-refractivity contribution in [1.82, 2.24) is 34.8 Å². The molecule has 5 rings (SSSR count). The summed E-state index contributed by atoms with van der Waals surface area (Å²) in [7, 11) is 0. The first-order chi connectivity index (χ1) is 13.8. The summed E-state index contributed by atoms with van der Waals surface area (Å²) in [6, 6.07) is 2.24. The molecule has 0 radical (unpaired) electrons. The summed E-state index contributed by atoms with van der Waals surface area (Å²) in [5.41, 5.74) is 0.552. The molecule has 0 aromatic carbocycles. The van der Waals surface area contributed by atoms with Gasteiger partial charge in [-0.1, -0.05) is 0 Å². The second kappa shape index (κ2) is 8.83. The Morgan fingerprint density at radius 3 is 2.83 bits per heavy atom. The van der Waals surface area contributed by atoms with Gasteiger partial charge in [-0.2, -0.15) is 5.10 Å². The van der Waals surface area contributed by atoms with E-state index in [2.05, 4.69) is 25.2 Å². The minimum atomic E-state index is 0. The number of nitrogens with one attached hydrogen (secondary N) is 1. The fraction of sp³-hybridized carbons (Fsp3) is 0.700. The third kappa shape index (κ3) is 3.92. The molecule has 2 fully saturated rings. The van der Waals surface area contributed by atoms with Gasteiger partial charge in [-0.25, -0.2) is 0 Å². The van der Waals surface area contributed by atoms with E-state index in [0.717, 1.165) is 76.4 Å². The number of halogens is 1. The van der Waals surface area contributed by atoms with Crippen molar-refractivity contribution in [1.29, 1.82) is 0 Å². The van der Waals surface area contributed by atoms with Crippen LogP contribution in [0.3, 0.4) is 0 Å². The van der Waals surface area contributed by atoms with E-state index in [1.807, 2.05) is 21.8 Å². The molecule has 3 aliphatic heterocycles. The lowest BCUT2D eigenvalue weighted by atomic mass is 10.0. The Hall–Kier alpha value is -1.93. The van der Waals surface area contributed by atoms with E-state index in [-0.39, 0.29) is 24.4 Å². The molecular formula is C20H30ClN7O. The molecule has 8 nitrogen and oxygen atoms in total. The van der Waals surface area contributed by atoms with E-state index in [9.17, 15) is 4.79 Å². The number of likely N-dealkylation sites (tertiary alicyclic amines) is 1. The summed E-state index contributed by atoms with van der Waals surface area (Å²) in [5, 5.41) is 17.0. The lowest BCUT2D eigenvalue weighted by Crippen LogP contribution is -2.40. The molecule has 5 heterocycles. The average molecular weight is 420 g/mol. The second-order valence-electron chi connectivity index (χ2n) is 8.27. The second-order valence-corrected chi connectivity index (χ2v) is 8.27. The Balaban J connectivity index is 0.00000205. The van der Waals surface area contributed by atoms with Gasteiger partial charge in [-0.3, -0.25) is 9.48 Å². The van der Waals surface area contributed by atoms with Crippen LogP contribution >= 0.6 is 12.4 Å². The molecule has 9 heteroatoms. The van der Waals surface area contributed by atoms with Gasteiger partial charge < -0.3 is 14.8 Å². The Labute approximate surface area is 177 Å². The van der Waals surface area contributed by atoms with Crippen molar-refractivity contribution >= 4 is 18.3 Å². The van der Waals surface area contributed by atoms with Gasteiger partial charge in [0.15, 0.2) is 5.82 Å². The van der Waals surface area contributed by atoms with Gasteiger partial charge in [0.25, 0.3) is 5.91 Å². The summed E-state index contributed by atoms with van der Waals surface area (Å²) in [5.74, 6) is 2.08. The Morgan fingerprint density at radius 2 is 1.97 bits per heavy atom. The van der Waals surface area contributed by atoms with Crippen molar-refractivity contribution in [3.05, 3.63) is 29.6 Å². The zero-order chi connectivity index (χ0) is 18.9. The number of amides is 1. The van der Waals surface area contributed by atoms with E-state index >= 15 is 0 Å². The Bertz CT molecular complexity index is 842. The van der Waals surface area contributed by atoms with Crippen molar-refractivity contribution in [3.8, 4) is 0 Å². The standard InChI is InChI=1S/C20H29N7O.ClH/c28-20(16-9-13-27(24-16)15-6-5-10-21-14-15)25-11-3-1-7-17(25)19-23-22-18-8-2-4-12-26(18)19;/h9,13,15,17,21H,1-8,10-12,14H2;1H. The molecule has 0 bridgehead atoms. The van der Waals surface area contributed by atoms with E-state index in [1.54, 1.807) is 0 Å². The van der Waals surface area contributed by atoms with Crippen LogP contribution in [0.1, 0.15) is 79.2 Å². The van der Waals surface area contributed by atoms with Crippen molar-refractivity contribution < 1.29 is 4.79 Å². The smallest absolute Gasteiger partial charge is 0.274 e. The predicted molar refractivity (Wildman–Crippen MR) is 111 cm³/mol. The van der Waals surface area contributed by atoms with Crippen LogP contribution in [-0.2, 0) is 13.0 Å². The zero-order valence-corrected chi connectivity index (χ0v) is 17.6. The lowest BCUT2D eigenvalue weighted by Gasteiger charge is -2.35. The number of piperidine rings is 2. The molecular weight excluding hydrogens is 390 g/mol. The monoisotopic (exact) mass is 419 g/mol. The van der Waals surface area contributed by atoms with Crippen LogP contribution in [-0.4, -0.2) is 55.0 Å². The van der Waals surface area contributed by atoms with Crippen LogP contribution in [0.25, 0.3) is 0 Å². The average Bonchev–Trinajstić information content (AvgIpc) is 3.41. The minimum absolute atomic E-state index is 0. The van der Waals surface area contributed by atoms with Crippen molar-refractivity contribution in [2.75, 3.05) is 19.6 Å². The number of hydrogen-bond donors (Lipinski definition) is 1. The van der Waals surface area contributed by atoms with Gasteiger partial charge >= 0.3 is 0 Å². The van der Waals surface area contributed by atoms with Gasteiger partial charge in [0, 0.05) is 32.3 Å². The molecule has 3 aliphatic rings. The Morgan fingerprint density at radius 1 is 1.07 bits per heavy atom. The van der Waals surface area contributed by atoms with E-state index in [0.29, 0.717) is 11.7 Å². The van der Waals surface area contributed by atoms with E-state index < -0.39 is 0 Å². The topological polar surface area (TPSA) is 80.9 Å². The highest BCUT2D eigenvalue weighted by Crippen LogP contribution is 2.32. The molecule has 0 saturated carbocycles. The number of aryl methyl sites for hydroxylation is 1. The van der Waals surface area contributed by atoms with Crippen molar-refractivity contribution in [3.63, 3.8) is 0 Å². The van der Waals surface area contributed by atoms with Crippen LogP contribution in [0.4, 0.5) is 0 Å². The first kappa shape index (κ1) is 20.3. The maximum absolute atomic E-state index is 13.3. The lowest BCUT2D eigenvalue weighted by molar-refractivity contribution is 0.0586. The third-order valence-electron chi connectivity index (χ3n) is 6.42. The van der Waals surface area contributed by atoms with Crippen LogP contribution < -0.4 is 5.32 Å². The number of carbonyl (C=O) groups is 1. The fourth-order valence-electron chi connectivity index (χ4n) is 4.88. The molecule has 2 aromatic rings. The predicted octanol–water partition coefficient (Wildman–Crippen LogP) is 2.52. The number of rotatable bonds is 3. The summed E-state index contributed by atoms with van der Waals surface area (Å²) < 4.78 is 4.23. The van der Waals surface area contributed by atoms with Gasteiger partial charge in [-0.05, 0) is 57.6 Å². The number of hydrogen-bond acceptors (Lipinski definition) is 5. The zero-order valence-electron chi connectivity index (χ0n) is 16.8. The number of carbonyl (C=O) groups excluding carboxylic acids is 1. The van der Waals surface area contributed by atoms with E-state index in [1.165, 1.54) is 12.8 Å². The SMILES string of the molecule is Cl.O=C(c1ccn(C2CCCNC2)n1)N1CCCCC1c1nnc2n1CCCC2. The first-order valence-corrected chi connectivity index (χ1v) is 10.8. The highest BCUT2D eigenvalue weighted by Gasteiger charge is 2.34. The number of nitrogens with zero attached hydrogens (tertiary/aromatic N) is 6. The normalized spacial score (nSPS) is 24.6. The van der Waals surface area contributed by atoms with Gasteiger partial charge in [0.2, 0.25) is 0 Å². The fourth-order valence-corrected chi connectivity index (χ4v) is 4.88. The van der Waals surface area contributed by atoms with E-state index in [4.69, 9.17) is 0 Å². The van der Waals surface area contributed by atoms with Crippen LogP contribution in [0, 0.1) is 0 Å².